The Balaban J connectivity index is 3.14. The van der Waals surface area contributed by atoms with Crippen LogP contribution in [0.2, 0.25) is 0 Å². The molecule has 112 valence electrons. The van der Waals surface area contributed by atoms with Crippen molar-refractivity contribution in [2.24, 2.45) is 11.5 Å². The van der Waals surface area contributed by atoms with E-state index in [1.165, 1.54) is 12.1 Å². The van der Waals surface area contributed by atoms with E-state index in [2.05, 4.69) is 0 Å². The molecule has 0 aliphatic heterocycles. The molecule has 0 fully saturated rings. The lowest BCUT2D eigenvalue weighted by Crippen LogP contribution is -2.47. The number of nitrogens with two attached hydrogens (primary N) is 2. The molecule has 0 radical (unpaired) electrons. The molecule has 0 bridgehead atoms. The monoisotopic (exact) mass is 281 g/mol. The Kier molecular flexibility index (Phi) is 6.10. The lowest BCUT2D eigenvalue weighted by molar-refractivity contribution is -0.120. The Hall–Kier alpha value is -1.46. The van der Waals surface area contributed by atoms with Crippen LogP contribution in [0.5, 0.6) is 0 Å². The van der Waals surface area contributed by atoms with Crippen LogP contribution in [0.25, 0.3) is 0 Å². The molecule has 20 heavy (non-hydrogen) atoms. The number of primary amides is 1. The zero-order valence-electron chi connectivity index (χ0n) is 12.3. The van der Waals surface area contributed by atoms with Crippen molar-refractivity contribution in [2.45, 2.75) is 45.3 Å². The maximum atomic E-state index is 13.1. The first kappa shape index (κ1) is 16.6. The predicted molar refractivity (Wildman–Crippen MR) is 78.4 cm³/mol. The van der Waals surface area contributed by atoms with Crippen molar-refractivity contribution in [3.8, 4) is 0 Å². The number of hydrogen-bond donors (Lipinski definition) is 2. The van der Waals surface area contributed by atoms with Crippen LogP contribution < -0.4 is 11.5 Å². The fourth-order valence-corrected chi connectivity index (χ4v) is 2.35. The van der Waals surface area contributed by atoms with Crippen LogP contribution in [0.4, 0.5) is 4.39 Å². The van der Waals surface area contributed by atoms with Crippen molar-refractivity contribution in [2.75, 3.05) is 6.54 Å². The fraction of sp³-hybridized carbons (Fsp3) is 0.533. The summed E-state index contributed by atoms with van der Waals surface area (Å²) >= 11 is 0. The topological polar surface area (TPSA) is 72.3 Å². The Morgan fingerprint density at radius 1 is 1.30 bits per heavy atom. The number of carbonyl (C=O) groups excluding carboxylic acids is 1. The minimum atomic E-state index is -0.394. The van der Waals surface area contributed by atoms with E-state index >= 15 is 0 Å². The van der Waals surface area contributed by atoms with Crippen LogP contribution in [-0.4, -0.2) is 29.4 Å². The third-order valence-electron chi connectivity index (χ3n) is 3.45. The highest BCUT2D eigenvalue weighted by Crippen LogP contribution is 2.27. The number of amides is 1. The Morgan fingerprint density at radius 3 is 2.25 bits per heavy atom. The minimum absolute atomic E-state index is 0.107. The van der Waals surface area contributed by atoms with E-state index in [0.717, 1.165) is 12.0 Å². The number of nitrogens with zero attached hydrogens (tertiary/aromatic N) is 1. The van der Waals surface area contributed by atoms with Crippen molar-refractivity contribution in [3.63, 3.8) is 0 Å². The van der Waals surface area contributed by atoms with Crippen molar-refractivity contribution in [1.82, 2.24) is 4.90 Å². The standard InChI is InChI=1S/C15H24FN3O/c1-4-13(17)15(11-5-7-12(16)8-6-11)19(10(2)3)9-14(18)20/h5-8,10,13,15H,4,9,17H2,1-3H3,(H2,18,20). The summed E-state index contributed by atoms with van der Waals surface area (Å²) in [7, 11) is 0. The Bertz CT molecular complexity index is 433. The van der Waals surface area contributed by atoms with Gasteiger partial charge in [0, 0.05) is 12.1 Å². The summed E-state index contributed by atoms with van der Waals surface area (Å²) in [6, 6.07) is 6.05. The fourth-order valence-electron chi connectivity index (χ4n) is 2.35. The van der Waals surface area contributed by atoms with Gasteiger partial charge < -0.3 is 11.5 Å². The van der Waals surface area contributed by atoms with Gasteiger partial charge in [0.05, 0.1) is 12.6 Å². The van der Waals surface area contributed by atoms with Crippen LogP contribution in [0.15, 0.2) is 24.3 Å². The predicted octanol–water partition coefficient (Wildman–Crippen LogP) is 1.80. The lowest BCUT2D eigenvalue weighted by Gasteiger charge is -2.37. The van der Waals surface area contributed by atoms with Gasteiger partial charge >= 0.3 is 0 Å². The van der Waals surface area contributed by atoms with Gasteiger partial charge in [0.15, 0.2) is 0 Å². The van der Waals surface area contributed by atoms with Crippen molar-refractivity contribution in [1.29, 1.82) is 0 Å². The number of hydrogen-bond acceptors (Lipinski definition) is 3. The summed E-state index contributed by atoms with van der Waals surface area (Å²) in [5, 5.41) is 0. The highest BCUT2D eigenvalue weighted by Gasteiger charge is 2.28. The number of carbonyl (C=O) groups is 1. The Labute approximate surface area is 119 Å². The molecule has 2 atom stereocenters. The summed E-state index contributed by atoms with van der Waals surface area (Å²) in [5.74, 6) is -0.683. The average molecular weight is 281 g/mol. The normalized spacial score (nSPS) is 14.6. The van der Waals surface area contributed by atoms with Gasteiger partial charge in [0.25, 0.3) is 0 Å². The summed E-state index contributed by atoms with van der Waals surface area (Å²) in [6.45, 7) is 6.10. The van der Waals surface area contributed by atoms with Gasteiger partial charge in [-0.3, -0.25) is 9.69 Å². The molecule has 0 aromatic heterocycles. The third kappa shape index (κ3) is 4.28. The van der Waals surface area contributed by atoms with Crippen LogP contribution in [0, 0.1) is 5.82 Å². The molecule has 0 aliphatic carbocycles. The van der Waals surface area contributed by atoms with E-state index < -0.39 is 5.91 Å². The van der Waals surface area contributed by atoms with Gasteiger partial charge in [0.1, 0.15) is 5.82 Å². The van der Waals surface area contributed by atoms with E-state index in [4.69, 9.17) is 11.5 Å². The van der Waals surface area contributed by atoms with Gasteiger partial charge in [-0.25, -0.2) is 4.39 Å². The van der Waals surface area contributed by atoms with Gasteiger partial charge in [-0.2, -0.15) is 0 Å². The molecular formula is C15H24FN3O. The van der Waals surface area contributed by atoms with Crippen LogP contribution in [-0.2, 0) is 4.79 Å². The van der Waals surface area contributed by atoms with Crippen molar-refractivity contribution >= 4 is 5.91 Å². The summed E-state index contributed by atoms with van der Waals surface area (Å²) in [5.41, 5.74) is 12.4. The van der Waals surface area contributed by atoms with Gasteiger partial charge in [-0.1, -0.05) is 19.1 Å². The zero-order valence-corrected chi connectivity index (χ0v) is 12.3. The van der Waals surface area contributed by atoms with E-state index in [1.54, 1.807) is 12.1 Å². The first-order valence-electron chi connectivity index (χ1n) is 6.91. The largest absolute Gasteiger partial charge is 0.369 e. The summed E-state index contributed by atoms with van der Waals surface area (Å²) in [6.07, 6.45) is 0.754. The van der Waals surface area contributed by atoms with E-state index in [1.807, 2.05) is 25.7 Å². The maximum absolute atomic E-state index is 13.1. The van der Waals surface area contributed by atoms with Crippen molar-refractivity contribution < 1.29 is 9.18 Å². The summed E-state index contributed by atoms with van der Waals surface area (Å²) in [4.78, 5) is 13.3. The first-order valence-corrected chi connectivity index (χ1v) is 6.91. The van der Waals surface area contributed by atoms with Gasteiger partial charge in [-0.05, 0) is 38.0 Å². The zero-order chi connectivity index (χ0) is 15.3. The minimum Gasteiger partial charge on any atom is -0.369 e. The Morgan fingerprint density at radius 2 is 1.85 bits per heavy atom. The SMILES string of the molecule is CCC(N)C(c1ccc(F)cc1)N(CC(N)=O)C(C)C. The summed E-state index contributed by atoms with van der Waals surface area (Å²) < 4.78 is 13.1. The van der Waals surface area contributed by atoms with E-state index in [0.29, 0.717) is 0 Å². The lowest BCUT2D eigenvalue weighted by atomic mass is 9.95. The molecule has 0 saturated carbocycles. The molecule has 4 nitrogen and oxygen atoms in total. The van der Waals surface area contributed by atoms with Gasteiger partial charge in [0.2, 0.25) is 5.91 Å². The molecule has 1 aromatic rings. The molecule has 4 N–H and O–H groups in total. The second-order valence-electron chi connectivity index (χ2n) is 5.30. The van der Waals surface area contributed by atoms with E-state index in [-0.39, 0.29) is 30.5 Å². The van der Waals surface area contributed by atoms with Gasteiger partial charge in [-0.15, -0.1) is 0 Å². The molecular weight excluding hydrogens is 257 g/mol. The molecule has 0 spiro atoms. The molecule has 2 unspecified atom stereocenters. The van der Waals surface area contributed by atoms with Crippen LogP contribution in [0.3, 0.4) is 0 Å². The highest BCUT2D eigenvalue weighted by atomic mass is 19.1. The molecule has 0 aliphatic rings. The van der Waals surface area contributed by atoms with Crippen LogP contribution >= 0.6 is 0 Å². The highest BCUT2D eigenvalue weighted by molar-refractivity contribution is 5.76. The molecule has 5 heteroatoms. The first-order chi connectivity index (χ1) is 9.36. The molecule has 1 rings (SSSR count). The second kappa shape index (κ2) is 7.36. The number of benzene rings is 1. The molecule has 0 heterocycles. The number of halogens is 1. The quantitative estimate of drug-likeness (QED) is 0.800. The number of rotatable bonds is 7. The molecule has 1 aromatic carbocycles. The molecule has 1 amide bonds. The van der Waals surface area contributed by atoms with Crippen LogP contribution in [0.1, 0.15) is 38.8 Å². The average Bonchev–Trinajstić information content (AvgIpc) is 2.39. The second-order valence-corrected chi connectivity index (χ2v) is 5.30. The maximum Gasteiger partial charge on any atom is 0.231 e. The smallest absolute Gasteiger partial charge is 0.231 e. The third-order valence-corrected chi connectivity index (χ3v) is 3.45. The van der Waals surface area contributed by atoms with E-state index in [9.17, 15) is 9.18 Å². The van der Waals surface area contributed by atoms with Crippen molar-refractivity contribution in [3.05, 3.63) is 35.6 Å². The molecule has 0 saturated heterocycles.